The van der Waals surface area contributed by atoms with Crippen molar-refractivity contribution in [2.75, 3.05) is 7.05 Å². The molecule has 0 aliphatic carbocycles. The first-order valence-electron chi connectivity index (χ1n) is 7.10. The Morgan fingerprint density at radius 3 is 2.15 bits per heavy atom. The maximum Gasteiger partial charge on any atom is 0.216 e. The number of hydrogen-bond acceptors (Lipinski definition) is 3. The minimum absolute atomic E-state index is 0.0337. The Morgan fingerprint density at radius 1 is 1.10 bits per heavy atom. The third-order valence-corrected chi connectivity index (χ3v) is 5.07. The van der Waals surface area contributed by atoms with Crippen molar-refractivity contribution in [3.05, 3.63) is 35.4 Å². The van der Waals surface area contributed by atoms with Crippen molar-refractivity contribution in [2.24, 2.45) is 5.92 Å². The number of benzene rings is 1. The summed E-state index contributed by atoms with van der Waals surface area (Å²) in [5.74, 6) is 0.371. The third kappa shape index (κ3) is 5.61. The van der Waals surface area contributed by atoms with Crippen LogP contribution in [0.1, 0.15) is 38.3 Å². The zero-order valence-electron chi connectivity index (χ0n) is 12.8. The zero-order chi connectivity index (χ0) is 15.2. The van der Waals surface area contributed by atoms with Crippen molar-refractivity contribution in [1.82, 2.24) is 10.0 Å². The molecule has 0 radical (unpaired) electrons. The number of rotatable bonds is 8. The van der Waals surface area contributed by atoms with Gasteiger partial charge in [-0.25, -0.2) is 13.1 Å². The molecule has 0 amide bonds. The van der Waals surface area contributed by atoms with E-state index in [0.29, 0.717) is 5.92 Å². The van der Waals surface area contributed by atoms with Gasteiger partial charge in [0, 0.05) is 12.6 Å². The van der Waals surface area contributed by atoms with E-state index in [4.69, 9.17) is 0 Å². The van der Waals surface area contributed by atoms with Gasteiger partial charge in [-0.2, -0.15) is 0 Å². The van der Waals surface area contributed by atoms with Gasteiger partial charge in [-0.15, -0.1) is 0 Å². The minimum atomic E-state index is -3.28. The number of hydrogen-bond donors (Lipinski definition) is 2. The Bertz CT molecular complexity index is 497. The smallest absolute Gasteiger partial charge is 0.216 e. The average Bonchev–Trinajstić information content (AvgIpc) is 2.39. The maximum atomic E-state index is 12.1. The van der Waals surface area contributed by atoms with E-state index < -0.39 is 10.0 Å². The van der Waals surface area contributed by atoms with Gasteiger partial charge >= 0.3 is 0 Å². The zero-order valence-corrected chi connectivity index (χ0v) is 13.6. The van der Waals surface area contributed by atoms with E-state index >= 15 is 0 Å². The molecule has 0 fully saturated rings. The van der Waals surface area contributed by atoms with Crippen molar-refractivity contribution in [3.8, 4) is 0 Å². The van der Waals surface area contributed by atoms with E-state index in [1.807, 2.05) is 38.2 Å². The Morgan fingerprint density at radius 2 is 1.65 bits per heavy atom. The molecule has 0 aliphatic heterocycles. The first-order valence-corrected chi connectivity index (χ1v) is 8.75. The number of nitrogens with one attached hydrogen (secondary N) is 2. The normalized spacial score (nSPS) is 15.0. The first-order chi connectivity index (χ1) is 9.38. The summed E-state index contributed by atoms with van der Waals surface area (Å²) < 4.78 is 27.0. The SMILES string of the molecule is CCC(C)C(C)NS(=O)(=O)Cc1ccc(CNC)cc1. The van der Waals surface area contributed by atoms with Crippen LogP contribution in [0.5, 0.6) is 0 Å². The first kappa shape index (κ1) is 17.1. The monoisotopic (exact) mass is 298 g/mol. The molecule has 4 nitrogen and oxygen atoms in total. The molecule has 114 valence electrons. The molecule has 0 saturated heterocycles. The predicted molar refractivity (Wildman–Crippen MR) is 83.9 cm³/mol. The summed E-state index contributed by atoms with van der Waals surface area (Å²) in [5.41, 5.74) is 1.96. The molecule has 1 aromatic carbocycles. The van der Waals surface area contributed by atoms with Crippen molar-refractivity contribution < 1.29 is 8.42 Å². The van der Waals surface area contributed by atoms with Gasteiger partial charge in [0.2, 0.25) is 10.0 Å². The second-order valence-electron chi connectivity index (χ2n) is 5.40. The summed E-state index contributed by atoms with van der Waals surface area (Å²) in [5, 5.41) is 3.07. The standard InChI is InChI=1S/C15H26N2O2S/c1-5-12(2)13(3)17-20(18,19)11-15-8-6-14(7-9-15)10-16-4/h6-9,12-13,16-17H,5,10-11H2,1-4H3. The molecule has 5 heteroatoms. The van der Waals surface area contributed by atoms with Gasteiger partial charge in [-0.3, -0.25) is 0 Å². The van der Waals surface area contributed by atoms with Gasteiger partial charge in [-0.1, -0.05) is 44.5 Å². The summed E-state index contributed by atoms with van der Waals surface area (Å²) in [4.78, 5) is 0. The fourth-order valence-corrected chi connectivity index (χ4v) is 3.48. The molecule has 0 heterocycles. The third-order valence-electron chi connectivity index (χ3n) is 3.62. The van der Waals surface area contributed by atoms with Crippen LogP contribution in [0.3, 0.4) is 0 Å². The van der Waals surface area contributed by atoms with Crippen molar-refractivity contribution in [1.29, 1.82) is 0 Å². The number of sulfonamides is 1. The van der Waals surface area contributed by atoms with Crippen molar-refractivity contribution in [2.45, 2.75) is 45.5 Å². The largest absolute Gasteiger partial charge is 0.316 e. The molecule has 2 N–H and O–H groups in total. The van der Waals surface area contributed by atoms with Crippen LogP contribution in [0.25, 0.3) is 0 Å². The molecule has 0 aliphatic rings. The van der Waals surface area contributed by atoms with Crippen LogP contribution in [0.4, 0.5) is 0 Å². The molecule has 1 aromatic rings. The predicted octanol–water partition coefficient (Wildman–Crippen LogP) is 2.26. The van der Waals surface area contributed by atoms with Crippen LogP contribution in [-0.2, 0) is 22.3 Å². The van der Waals surface area contributed by atoms with Gasteiger partial charge in [0.1, 0.15) is 0 Å². The second-order valence-corrected chi connectivity index (χ2v) is 7.15. The van der Waals surface area contributed by atoms with E-state index in [9.17, 15) is 8.42 Å². The van der Waals surface area contributed by atoms with E-state index in [1.54, 1.807) is 0 Å². The molecule has 0 spiro atoms. The Kier molecular flexibility index (Phi) is 6.65. The highest BCUT2D eigenvalue weighted by molar-refractivity contribution is 7.88. The lowest BCUT2D eigenvalue weighted by Gasteiger charge is -2.19. The maximum absolute atomic E-state index is 12.1. The molecule has 0 bridgehead atoms. The summed E-state index contributed by atoms with van der Waals surface area (Å²) in [6, 6.07) is 7.63. The summed E-state index contributed by atoms with van der Waals surface area (Å²) in [6.07, 6.45) is 0.961. The van der Waals surface area contributed by atoms with Gasteiger partial charge in [0.15, 0.2) is 0 Å². The summed E-state index contributed by atoms with van der Waals surface area (Å²) >= 11 is 0. The van der Waals surface area contributed by atoms with Crippen LogP contribution in [-0.4, -0.2) is 21.5 Å². The lowest BCUT2D eigenvalue weighted by atomic mass is 10.0. The van der Waals surface area contributed by atoms with Crippen LogP contribution < -0.4 is 10.0 Å². The quantitative estimate of drug-likeness (QED) is 0.774. The highest BCUT2D eigenvalue weighted by Gasteiger charge is 2.18. The lowest BCUT2D eigenvalue weighted by molar-refractivity contribution is 0.434. The average molecular weight is 298 g/mol. The molecule has 2 atom stereocenters. The van der Waals surface area contributed by atoms with Gasteiger partial charge in [0.05, 0.1) is 5.75 Å². The lowest BCUT2D eigenvalue weighted by Crippen LogP contribution is -2.37. The molecular weight excluding hydrogens is 272 g/mol. The van der Waals surface area contributed by atoms with Gasteiger partial charge in [0.25, 0.3) is 0 Å². The molecule has 20 heavy (non-hydrogen) atoms. The van der Waals surface area contributed by atoms with E-state index in [1.165, 1.54) is 0 Å². The topological polar surface area (TPSA) is 58.2 Å². The Balaban J connectivity index is 2.66. The van der Waals surface area contributed by atoms with Crippen LogP contribution in [0.2, 0.25) is 0 Å². The highest BCUT2D eigenvalue weighted by Crippen LogP contribution is 2.11. The van der Waals surface area contributed by atoms with Crippen LogP contribution in [0.15, 0.2) is 24.3 Å². The summed E-state index contributed by atoms with van der Waals surface area (Å²) in [6.45, 7) is 6.83. The second kappa shape index (κ2) is 7.76. The van der Waals surface area contributed by atoms with E-state index in [0.717, 1.165) is 24.1 Å². The Labute approximate surface area is 123 Å². The van der Waals surface area contributed by atoms with E-state index in [2.05, 4.69) is 23.9 Å². The minimum Gasteiger partial charge on any atom is -0.316 e. The molecular formula is C15H26N2O2S. The molecule has 0 saturated carbocycles. The molecule has 2 unspecified atom stereocenters. The van der Waals surface area contributed by atoms with Crippen LogP contribution in [0, 0.1) is 5.92 Å². The Hall–Kier alpha value is -0.910. The van der Waals surface area contributed by atoms with Crippen molar-refractivity contribution in [3.63, 3.8) is 0 Å². The molecule has 1 rings (SSSR count). The van der Waals surface area contributed by atoms with Crippen molar-refractivity contribution >= 4 is 10.0 Å². The van der Waals surface area contributed by atoms with Gasteiger partial charge < -0.3 is 5.32 Å². The molecule has 0 aromatic heterocycles. The fraction of sp³-hybridized carbons (Fsp3) is 0.600. The summed E-state index contributed by atoms with van der Waals surface area (Å²) in [7, 11) is -1.39. The van der Waals surface area contributed by atoms with E-state index in [-0.39, 0.29) is 11.8 Å². The highest BCUT2D eigenvalue weighted by atomic mass is 32.2. The van der Waals surface area contributed by atoms with Gasteiger partial charge in [-0.05, 0) is 31.0 Å². The fourth-order valence-electron chi connectivity index (χ4n) is 1.97. The van der Waals surface area contributed by atoms with Crippen LogP contribution >= 0.6 is 0 Å².